The molecule has 7 aromatic rings. The van der Waals surface area contributed by atoms with Crippen LogP contribution in [0, 0.1) is 3.80 Å². The molecule has 3 aromatic heterocycles. The van der Waals surface area contributed by atoms with Crippen LogP contribution in [0.1, 0.15) is 58.2 Å². The zero-order chi connectivity index (χ0) is 36.5. The van der Waals surface area contributed by atoms with E-state index in [1.54, 1.807) is 0 Å². The second-order valence-electron chi connectivity index (χ2n) is 15.0. The van der Waals surface area contributed by atoms with Gasteiger partial charge in [0.2, 0.25) is 0 Å². The van der Waals surface area contributed by atoms with Gasteiger partial charge in [-0.3, -0.25) is 0 Å². The molecule has 51 heavy (non-hydrogen) atoms. The first-order valence-corrected chi connectivity index (χ1v) is 18.0. The van der Waals surface area contributed by atoms with Gasteiger partial charge in [-0.2, -0.15) is 13.2 Å². The monoisotopic (exact) mass is 866 g/mol. The summed E-state index contributed by atoms with van der Waals surface area (Å²) in [6.07, 6.45) is 0.826. The van der Waals surface area contributed by atoms with Gasteiger partial charge in [-0.05, 0) is 6.07 Å². The van der Waals surface area contributed by atoms with Crippen LogP contribution in [0.15, 0.2) is 116 Å². The zero-order valence-corrected chi connectivity index (χ0v) is 31.9. The van der Waals surface area contributed by atoms with Crippen molar-refractivity contribution >= 4 is 38.9 Å². The van der Waals surface area contributed by atoms with E-state index in [9.17, 15) is 13.2 Å². The number of aromatic nitrogens is 4. The van der Waals surface area contributed by atoms with Crippen molar-refractivity contribution in [2.24, 2.45) is 7.05 Å². The first-order valence-electron chi connectivity index (χ1n) is 16.8. The first kappa shape index (κ1) is 34.8. The van der Waals surface area contributed by atoms with Crippen molar-refractivity contribution in [2.45, 2.75) is 58.5 Å². The van der Waals surface area contributed by atoms with Crippen molar-refractivity contribution in [3.63, 3.8) is 0 Å². The summed E-state index contributed by atoms with van der Waals surface area (Å²) in [5, 5.41) is 1.87. The topological polar surface area (TPSA) is 30.9 Å². The number of fused-ring (bicyclic) bond motifs is 3. The number of halogens is 3. The van der Waals surface area contributed by atoms with Gasteiger partial charge in [0.25, 0.3) is 0 Å². The summed E-state index contributed by atoms with van der Waals surface area (Å²) in [7, 11) is 2.03. The van der Waals surface area contributed by atoms with E-state index in [0.29, 0.717) is 0 Å². The van der Waals surface area contributed by atoms with E-state index in [-0.39, 0.29) is 16.6 Å². The number of alkyl halides is 3. The fourth-order valence-corrected chi connectivity index (χ4v) is 7.51. The van der Waals surface area contributed by atoms with Crippen molar-refractivity contribution in [3.8, 4) is 11.5 Å². The molecule has 4 aromatic carbocycles. The Bertz CT molecular complexity index is 2460. The second kappa shape index (κ2) is 12.5. The Morgan fingerprint density at radius 2 is 1.31 bits per heavy atom. The number of hydrogen-bond donors (Lipinski definition) is 0. The Kier molecular flexibility index (Phi) is 8.53. The molecule has 0 aliphatic heterocycles. The molecule has 0 aliphatic rings. The van der Waals surface area contributed by atoms with Crippen LogP contribution >= 0.6 is 0 Å². The summed E-state index contributed by atoms with van der Waals surface area (Å²) >= 11 is 2.33. The summed E-state index contributed by atoms with van der Waals surface area (Å²) in [5.41, 5.74) is 6.68. The molecule has 0 fully saturated rings. The van der Waals surface area contributed by atoms with Crippen LogP contribution in [0.3, 0.4) is 0 Å². The van der Waals surface area contributed by atoms with E-state index in [4.69, 9.17) is 0 Å². The molecule has 0 atom stereocenters. The molecule has 0 spiro atoms. The molecular formula is C42H40F3N5Pt. The summed E-state index contributed by atoms with van der Waals surface area (Å²) in [4.78, 5) is 6.80. The Hall–Kier alpha value is -4.68. The van der Waals surface area contributed by atoms with Crippen molar-refractivity contribution in [2.75, 3.05) is 4.90 Å². The summed E-state index contributed by atoms with van der Waals surface area (Å²) in [5.74, 6) is 0.210. The predicted molar refractivity (Wildman–Crippen MR) is 197 cm³/mol. The summed E-state index contributed by atoms with van der Waals surface area (Å²) in [6.45, 7) is 13.4. The van der Waals surface area contributed by atoms with Gasteiger partial charge in [-0.15, -0.1) is 0 Å². The van der Waals surface area contributed by atoms with E-state index in [0.717, 1.165) is 60.5 Å². The van der Waals surface area contributed by atoms with E-state index in [1.807, 2.05) is 42.1 Å². The number of nitrogens with zero attached hydrogens (tertiary/aromatic N) is 5. The van der Waals surface area contributed by atoms with E-state index >= 15 is 0 Å². The Morgan fingerprint density at radius 3 is 1.96 bits per heavy atom. The molecule has 0 saturated heterocycles. The van der Waals surface area contributed by atoms with Gasteiger partial charge in [0.05, 0.1) is 5.56 Å². The molecule has 0 N–H and O–H groups in total. The molecule has 264 valence electrons. The number of benzene rings is 4. The van der Waals surface area contributed by atoms with Crippen molar-refractivity contribution in [1.82, 2.24) is 18.7 Å². The van der Waals surface area contributed by atoms with Crippen molar-refractivity contribution in [3.05, 3.63) is 136 Å². The van der Waals surface area contributed by atoms with Crippen LogP contribution < -0.4 is 4.90 Å². The minimum atomic E-state index is -4.50. The van der Waals surface area contributed by atoms with Crippen LogP contribution in [-0.2, 0) is 43.4 Å². The van der Waals surface area contributed by atoms with Crippen LogP contribution in [-0.4, -0.2) is 18.7 Å². The molecule has 0 amide bonds. The minimum absolute atomic E-state index is 0.210. The van der Waals surface area contributed by atoms with Gasteiger partial charge >= 0.3 is 265 Å². The molecule has 0 bridgehead atoms. The Labute approximate surface area is 307 Å². The number of imidazole rings is 1. The summed E-state index contributed by atoms with van der Waals surface area (Å²) < 4.78 is 49.1. The number of para-hydroxylation sites is 2. The van der Waals surface area contributed by atoms with Gasteiger partial charge < -0.3 is 0 Å². The fraction of sp³-hybridized carbons (Fsp3) is 0.238. The normalized spacial score (nSPS) is 12.6. The quantitative estimate of drug-likeness (QED) is 0.173. The third kappa shape index (κ3) is 6.29. The molecule has 0 saturated carbocycles. The summed E-state index contributed by atoms with van der Waals surface area (Å²) in [6, 6.07) is 31.3. The molecule has 7 rings (SSSR count). The van der Waals surface area contributed by atoms with E-state index in [2.05, 4.69) is 147 Å². The fourth-order valence-electron chi connectivity index (χ4n) is 6.88. The van der Waals surface area contributed by atoms with Gasteiger partial charge in [-0.1, -0.05) is 12.1 Å². The zero-order valence-electron chi connectivity index (χ0n) is 29.7. The molecular weight excluding hydrogens is 827 g/mol. The van der Waals surface area contributed by atoms with Crippen LogP contribution in [0.5, 0.6) is 0 Å². The molecule has 0 aliphatic carbocycles. The number of pyridine rings is 1. The van der Waals surface area contributed by atoms with Crippen LogP contribution in [0.25, 0.3) is 33.3 Å². The van der Waals surface area contributed by atoms with Gasteiger partial charge in [0.15, 0.2) is 0 Å². The average molecular weight is 867 g/mol. The second-order valence-corrected chi connectivity index (χ2v) is 16.0. The predicted octanol–water partition coefficient (Wildman–Crippen LogP) is 11.5. The molecule has 5 nitrogen and oxygen atoms in total. The van der Waals surface area contributed by atoms with Gasteiger partial charge in [0.1, 0.15) is 0 Å². The third-order valence-electron chi connectivity index (χ3n) is 9.35. The first-order chi connectivity index (χ1) is 24.0. The molecule has 9 heteroatoms. The van der Waals surface area contributed by atoms with Gasteiger partial charge in [-0.25, -0.2) is 0 Å². The standard InChI is InChI=1S/C42H40F3N5.Pt/c1-40(2,3)34-15-11-16-35(41(4,5)6)39(34)49(30-13-10-12-29(25-30)48-23-22-47(7)27-48)31-18-19-33-32-14-8-9-17-36(32)50(37(33)26-31)38-24-28(20-21-46-38)42(43,44)45;/h8-26H,1-7H3;. The Morgan fingerprint density at radius 1 is 0.667 bits per heavy atom. The third-order valence-corrected chi connectivity index (χ3v) is 10.7. The molecule has 0 radical (unpaired) electrons. The van der Waals surface area contributed by atoms with E-state index in [1.165, 1.54) is 17.3 Å². The number of aryl methyl sites for hydroxylation is 1. The average Bonchev–Trinajstić information content (AvgIpc) is 3.59. The molecule has 3 heterocycles. The van der Waals surface area contributed by atoms with Crippen LogP contribution in [0.2, 0.25) is 0 Å². The maximum atomic E-state index is 14.0. The maximum absolute atomic E-state index is 14.0. The van der Waals surface area contributed by atoms with Crippen LogP contribution in [0.4, 0.5) is 30.2 Å². The molecule has 0 unspecified atom stereocenters. The number of anilines is 3. The number of hydrogen-bond acceptors (Lipinski definition) is 2. The van der Waals surface area contributed by atoms with Gasteiger partial charge in [0, 0.05) is 6.20 Å². The van der Waals surface area contributed by atoms with Crippen molar-refractivity contribution in [1.29, 1.82) is 0 Å². The SMILES string of the molecule is Cn1ccn(-c2cccc(N(c3ccc4c5ccccc5n(-c5cc(C(F)(F)F)ccn5)c4c3)c3c(C(C)(C)C)cccc3C(C)(C)C)c2)[c]1=[Pt]. The van der Waals surface area contributed by atoms with Crippen molar-refractivity contribution < 1.29 is 32.5 Å². The van der Waals surface area contributed by atoms with E-state index < -0.39 is 11.7 Å². The number of rotatable bonds is 5. The Balaban J connectivity index is 1.58.